The molecule has 5 heteroatoms. The molecule has 2 unspecified atom stereocenters. The Balaban J connectivity index is 2.03. The maximum atomic E-state index is 12.3. The summed E-state index contributed by atoms with van der Waals surface area (Å²) in [5.74, 6) is 1.16. The van der Waals surface area contributed by atoms with Crippen molar-refractivity contribution in [2.45, 2.75) is 58.4 Å². The van der Waals surface area contributed by atoms with Gasteiger partial charge in [0.2, 0.25) is 5.91 Å². The van der Waals surface area contributed by atoms with Crippen LogP contribution in [0.2, 0.25) is 0 Å². The van der Waals surface area contributed by atoms with Gasteiger partial charge in [-0.25, -0.2) is 0 Å². The first kappa shape index (κ1) is 15.0. The van der Waals surface area contributed by atoms with Crippen LogP contribution in [0.3, 0.4) is 0 Å². The molecule has 20 heavy (non-hydrogen) atoms. The van der Waals surface area contributed by atoms with Crippen LogP contribution in [0.5, 0.6) is 0 Å². The predicted molar refractivity (Wildman–Crippen MR) is 75.3 cm³/mol. The van der Waals surface area contributed by atoms with Gasteiger partial charge in [0.15, 0.2) is 0 Å². The monoisotopic (exact) mass is 280 g/mol. The molecule has 1 heterocycles. The zero-order valence-corrected chi connectivity index (χ0v) is 12.5. The van der Waals surface area contributed by atoms with Crippen molar-refractivity contribution >= 4 is 5.91 Å². The molecule has 5 nitrogen and oxygen atoms in total. The second-order valence-corrected chi connectivity index (χ2v) is 6.17. The molecule has 0 spiro atoms. The Morgan fingerprint density at radius 2 is 2.30 bits per heavy atom. The van der Waals surface area contributed by atoms with E-state index in [9.17, 15) is 9.90 Å². The summed E-state index contributed by atoms with van der Waals surface area (Å²) in [7, 11) is 0. The second-order valence-electron chi connectivity index (χ2n) is 6.17. The van der Waals surface area contributed by atoms with Gasteiger partial charge in [0.1, 0.15) is 5.76 Å². The zero-order valence-electron chi connectivity index (χ0n) is 12.5. The summed E-state index contributed by atoms with van der Waals surface area (Å²) in [6.45, 7) is 5.82. The maximum Gasteiger partial charge on any atom is 0.225 e. The number of aryl methyl sites for hydroxylation is 2. The first-order valence-electron chi connectivity index (χ1n) is 7.29. The van der Waals surface area contributed by atoms with E-state index in [4.69, 9.17) is 4.52 Å². The standard InChI is InChI=1S/C15H24N2O3/c1-10-5-4-6-15(8-10,9-18)16-14(19)7-13-11(2)17-20-12(13)3/h10,18H,4-9H2,1-3H3,(H,16,19). The largest absolute Gasteiger partial charge is 0.394 e. The van der Waals surface area contributed by atoms with E-state index in [0.717, 1.165) is 30.5 Å². The van der Waals surface area contributed by atoms with Crippen LogP contribution in [0.25, 0.3) is 0 Å². The van der Waals surface area contributed by atoms with Gasteiger partial charge in [-0.15, -0.1) is 0 Å². The van der Waals surface area contributed by atoms with Crippen LogP contribution in [-0.2, 0) is 11.2 Å². The lowest BCUT2D eigenvalue weighted by Gasteiger charge is -2.39. The van der Waals surface area contributed by atoms with Gasteiger partial charge in [-0.05, 0) is 32.6 Å². The second kappa shape index (κ2) is 5.95. The molecule has 112 valence electrons. The average Bonchev–Trinajstić information content (AvgIpc) is 2.70. The SMILES string of the molecule is Cc1noc(C)c1CC(=O)NC1(CO)CCCC(C)C1. The lowest BCUT2D eigenvalue weighted by atomic mass is 9.76. The van der Waals surface area contributed by atoms with Gasteiger partial charge in [-0.2, -0.15) is 0 Å². The van der Waals surface area contributed by atoms with Crippen LogP contribution >= 0.6 is 0 Å². The van der Waals surface area contributed by atoms with Gasteiger partial charge in [0.25, 0.3) is 0 Å². The minimum atomic E-state index is -0.451. The topological polar surface area (TPSA) is 75.4 Å². The fourth-order valence-corrected chi connectivity index (χ4v) is 3.21. The molecule has 1 amide bonds. The van der Waals surface area contributed by atoms with Crippen LogP contribution in [0.4, 0.5) is 0 Å². The highest BCUT2D eigenvalue weighted by Gasteiger charge is 2.35. The molecule has 0 bridgehead atoms. The van der Waals surface area contributed by atoms with E-state index in [1.807, 2.05) is 13.8 Å². The Morgan fingerprint density at radius 3 is 2.85 bits per heavy atom. The van der Waals surface area contributed by atoms with Crippen molar-refractivity contribution in [1.29, 1.82) is 0 Å². The van der Waals surface area contributed by atoms with E-state index in [1.54, 1.807) is 0 Å². The van der Waals surface area contributed by atoms with E-state index in [0.29, 0.717) is 11.7 Å². The lowest BCUT2D eigenvalue weighted by Crippen LogP contribution is -2.54. The van der Waals surface area contributed by atoms with Crippen molar-refractivity contribution in [3.63, 3.8) is 0 Å². The fraction of sp³-hybridized carbons (Fsp3) is 0.733. The normalized spacial score (nSPS) is 26.5. The number of hydrogen-bond donors (Lipinski definition) is 2. The van der Waals surface area contributed by atoms with Gasteiger partial charge in [0, 0.05) is 5.56 Å². The smallest absolute Gasteiger partial charge is 0.225 e. The number of nitrogens with zero attached hydrogens (tertiary/aromatic N) is 1. The molecule has 1 aliphatic rings. The van der Waals surface area contributed by atoms with Crippen molar-refractivity contribution in [1.82, 2.24) is 10.5 Å². The minimum Gasteiger partial charge on any atom is -0.394 e. The molecule has 1 aromatic heterocycles. The Labute approximate surface area is 119 Å². The van der Waals surface area contributed by atoms with E-state index in [-0.39, 0.29) is 18.9 Å². The van der Waals surface area contributed by atoms with Gasteiger partial charge < -0.3 is 14.9 Å². The highest BCUT2D eigenvalue weighted by molar-refractivity contribution is 5.79. The summed E-state index contributed by atoms with van der Waals surface area (Å²) in [6, 6.07) is 0. The molecule has 0 aromatic carbocycles. The van der Waals surface area contributed by atoms with Crippen molar-refractivity contribution in [3.05, 3.63) is 17.0 Å². The quantitative estimate of drug-likeness (QED) is 0.883. The number of aromatic nitrogens is 1. The molecule has 1 aromatic rings. The predicted octanol–water partition coefficient (Wildman–Crippen LogP) is 1.89. The molecule has 2 N–H and O–H groups in total. The molecule has 2 rings (SSSR count). The average molecular weight is 280 g/mol. The number of hydrogen-bond acceptors (Lipinski definition) is 4. The summed E-state index contributed by atoms with van der Waals surface area (Å²) >= 11 is 0. The van der Waals surface area contributed by atoms with Gasteiger partial charge in [0.05, 0.1) is 24.3 Å². The number of aliphatic hydroxyl groups excluding tert-OH is 1. The summed E-state index contributed by atoms with van der Waals surface area (Å²) in [6.07, 6.45) is 4.17. The Morgan fingerprint density at radius 1 is 1.55 bits per heavy atom. The molecular formula is C15H24N2O3. The first-order valence-corrected chi connectivity index (χ1v) is 7.29. The highest BCUT2D eigenvalue weighted by atomic mass is 16.5. The number of rotatable bonds is 4. The summed E-state index contributed by atoms with van der Waals surface area (Å²) < 4.78 is 5.08. The van der Waals surface area contributed by atoms with E-state index < -0.39 is 5.54 Å². The highest BCUT2D eigenvalue weighted by Crippen LogP contribution is 2.32. The molecule has 2 atom stereocenters. The molecule has 1 aliphatic carbocycles. The molecule has 0 aliphatic heterocycles. The number of amides is 1. The summed E-state index contributed by atoms with van der Waals surface area (Å²) in [4.78, 5) is 12.3. The minimum absolute atomic E-state index is 0.00464. The first-order chi connectivity index (χ1) is 9.46. The number of nitrogens with one attached hydrogen (secondary N) is 1. The summed E-state index contributed by atoms with van der Waals surface area (Å²) in [5, 5.41) is 16.6. The lowest BCUT2D eigenvalue weighted by molar-refractivity contribution is -0.123. The van der Waals surface area contributed by atoms with Gasteiger partial charge >= 0.3 is 0 Å². The number of aliphatic hydroxyl groups is 1. The van der Waals surface area contributed by atoms with Crippen LogP contribution in [0.1, 0.15) is 49.6 Å². The number of carbonyl (C=O) groups excluding carboxylic acids is 1. The van der Waals surface area contributed by atoms with Crippen LogP contribution in [0, 0.1) is 19.8 Å². The van der Waals surface area contributed by atoms with Crippen LogP contribution < -0.4 is 5.32 Å². The Kier molecular flexibility index (Phi) is 4.48. The number of carbonyl (C=O) groups is 1. The Bertz CT molecular complexity index is 464. The van der Waals surface area contributed by atoms with Crippen molar-refractivity contribution in [2.24, 2.45) is 5.92 Å². The van der Waals surface area contributed by atoms with Crippen LogP contribution in [-0.4, -0.2) is 28.3 Å². The maximum absolute atomic E-state index is 12.3. The van der Waals surface area contributed by atoms with Crippen molar-refractivity contribution < 1.29 is 14.4 Å². The fourth-order valence-electron chi connectivity index (χ4n) is 3.21. The molecular weight excluding hydrogens is 256 g/mol. The van der Waals surface area contributed by atoms with E-state index >= 15 is 0 Å². The van der Waals surface area contributed by atoms with Gasteiger partial charge in [-0.3, -0.25) is 4.79 Å². The molecule has 1 fully saturated rings. The van der Waals surface area contributed by atoms with E-state index in [1.165, 1.54) is 6.42 Å². The van der Waals surface area contributed by atoms with Gasteiger partial charge in [-0.1, -0.05) is 24.9 Å². The van der Waals surface area contributed by atoms with E-state index in [2.05, 4.69) is 17.4 Å². The van der Waals surface area contributed by atoms with Crippen LogP contribution in [0.15, 0.2) is 4.52 Å². The zero-order chi connectivity index (χ0) is 14.8. The molecule has 0 radical (unpaired) electrons. The van der Waals surface area contributed by atoms with Crippen molar-refractivity contribution in [3.8, 4) is 0 Å². The Hall–Kier alpha value is -1.36. The summed E-state index contributed by atoms with van der Waals surface area (Å²) in [5.41, 5.74) is 1.15. The molecule has 1 saturated carbocycles. The molecule has 0 saturated heterocycles. The third kappa shape index (κ3) is 3.20. The van der Waals surface area contributed by atoms with Crippen molar-refractivity contribution in [2.75, 3.05) is 6.61 Å². The third-order valence-electron chi connectivity index (χ3n) is 4.32. The third-order valence-corrected chi connectivity index (χ3v) is 4.32.